The molecule has 2 aromatic heterocycles. The monoisotopic (exact) mass is 553 g/mol. The Labute approximate surface area is 225 Å². The van der Waals surface area contributed by atoms with Crippen molar-refractivity contribution in [3.8, 4) is 0 Å². The lowest BCUT2D eigenvalue weighted by Crippen LogP contribution is -2.27. The molecule has 0 unspecified atom stereocenters. The molecule has 5 rings (SSSR count). The summed E-state index contributed by atoms with van der Waals surface area (Å²) in [6, 6.07) is 4.22. The number of hydrogen-bond donors (Lipinski definition) is 2. The molecule has 194 valence electrons. The van der Waals surface area contributed by atoms with Crippen LogP contribution in [0.2, 0.25) is 0 Å². The molecule has 38 heavy (non-hydrogen) atoms. The van der Waals surface area contributed by atoms with Gasteiger partial charge < -0.3 is 5.32 Å². The highest BCUT2D eigenvalue weighted by Crippen LogP contribution is 2.30. The zero-order valence-corrected chi connectivity index (χ0v) is 21.8. The third-order valence-electron chi connectivity index (χ3n) is 6.37. The van der Waals surface area contributed by atoms with Gasteiger partial charge in [0.1, 0.15) is 30.2 Å². The van der Waals surface area contributed by atoms with E-state index in [2.05, 4.69) is 26.2 Å². The van der Waals surface area contributed by atoms with Crippen molar-refractivity contribution in [2.45, 2.75) is 30.6 Å². The summed E-state index contributed by atoms with van der Waals surface area (Å²) >= 11 is 6.47. The van der Waals surface area contributed by atoms with Gasteiger partial charge in [0.2, 0.25) is 10.0 Å². The average molecular weight is 554 g/mol. The van der Waals surface area contributed by atoms with E-state index in [1.165, 1.54) is 0 Å². The van der Waals surface area contributed by atoms with Crippen LogP contribution in [-0.4, -0.2) is 44.0 Å². The Morgan fingerprint density at radius 3 is 2.58 bits per heavy atom. The predicted molar refractivity (Wildman–Crippen MR) is 145 cm³/mol. The van der Waals surface area contributed by atoms with Crippen molar-refractivity contribution in [2.75, 3.05) is 18.4 Å². The van der Waals surface area contributed by atoms with Crippen LogP contribution in [0.4, 0.5) is 14.6 Å². The van der Waals surface area contributed by atoms with Crippen molar-refractivity contribution in [2.24, 2.45) is 0 Å². The molecule has 12 heteroatoms. The van der Waals surface area contributed by atoms with E-state index in [1.807, 2.05) is 24.3 Å². The number of benzene rings is 1. The van der Waals surface area contributed by atoms with Crippen molar-refractivity contribution in [1.82, 2.24) is 19.3 Å². The molecule has 0 spiro atoms. The van der Waals surface area contributed by atoms with Crippen LogP contribution >= 0.6 is 11.6 Å². The van der Waals surface area contributed by atoms with Gasteiger partial charge in [-0.25, -0.2) is 26.9 Å². The molecule has 2 heterocycles. The van der Waals surface area contributed by atoms with Crippen molar-refractivity contribution in [3.63, 3.8) is 0 Å². The van der Waals surface area contributed by atoms with Crippen molar-refractivity contribution < 1.29 is 17.2 Å². The Balaban J connectivity index is 1.28. The lowest BCUT2D eigenvalue weighted by molar-refractivity contribution is 0.547. The molecule has 0 atom stereocenters. The van der Waals surface area contributed by atoms with Gasteiger partial charge in [-0.05, 0) is 49.3 Å². The van der Waals surface area contributed by atoms with Gasteiger partial charge in [0.15, 0.2) is 5.65 Å². The molecule has 2 radical (unpaired) electrons. The van der Waals surface area contributed by atoms with Gasteiger partial charge >= 0.3 is 0 Å². The summed E-state index contributed by atoms with van der Waals surface area (Å²) in [4.78, 5) is 3.95. The minimum absolute atomic E-state index is 0.000213. The zero-order valence-electron chi connectivity index (χ0n) is 20.2. The number of aromatic nitrogens is 3. The van der Waals surface area contributed by atoms with Crippen molar-refractivity contribution in [3.05, 3.63) is 88.3 Å². The number of sulfonamides is 1. The Kier molecular flexibility index (Phi) is 7.51. The quantitative estimate of drug-likeness (QED) is 0.410. The summed E-state index contributed by atoms with van der Waals surface area (Å²) < 4.78 is 56.2. The maximum Gasteiger partial charge on any atom is 0.243 e. The fourth-order valence-corrected chi connectivity index (χ4v) is 5.67. The van der Waals surface area contributed by atoms with Crippen LogP contribution in [0.5, 0.6) is 0 Å². The van der Waals surface area contributed by atoms with Crippen molar-refractivity contribution >= 4 is 52.0 Å². The van der Waals surface area contributed by atoms with Crippen LogP contribution in [-0.2, 0) is 10.0 Å². The smallest absolute Gasteiger partial charge is 0.243 e. The van der Waals surface area contributed by atoms with Crippen LogP contribution in [0.1, 0.15) is 31.4 Å². The number of rotatable bonds is 8. The van der Waals surface area contributed by atoms with E-state index in [0.29, 0.717) is 48.1 Å². The summed E-state index contributed by atoms with van der Waals surface area (Å²) in [5, 5.41) is 8.48. The Bertz CT molecular complexity index is 1650. The topological polar surface area (TPSA) is 88.4 Å². The van der Waals surface area contributed by atoms with Crippen molar-refractivity contribution in [1.29, 1.82) is 0 Å². The van der Waals surface area contributed by atoms with E-state index < -0.39 is 26.6 Å². The molecule has 0 aliphatic heterocycles. The molecule has 0 bridgehead atoms. The molecule has 7 nitrogen and oxygen atoms in total. The first-order valence-corrected chi connectivity index (χ1v) is 13.8. The number of nitrogens with zero attached hydrogens (tertiary/aromatic N) is 3. The molecule has 2 N–H and O–H groups in total. The highest BCUT2D eigenvalue weighted by Gasteiger charge is 2.21. The van der Waals surface area contributed by atoms with Crippen LogP contribution < -0.4 is 15.5 Å². The zero-order chi connectivity index (χ0) is 26.9. The van der Waals surface area contributed by atoms with Gasteiger partial charge in [0.25, 0.3) is 0 Å². The second-order valence-electron chi connectivity index (χ2n) is 9.02. The van der Waals surface area contributed by atoms with E-state index in [1.54, 1.807) is 10.7 Å². The fraction of sp³-hybridized carbons (Fsp3) is 0.231. The first-order valence-electron chi connectivity index (χ1n) is 12.0. The van der Waals surface area contributed by atoms with Gasteiger partial charge in [0.05, 0.1) is 5.69 Å². The van der Waals surface area contributed by atoms with Gasteiger partial charge in [0, 0.05) is 36.0 Å². The molecule has 0 saturated heterocycles. The first kappa shape index (κ1) is 26.3. The molecule has 1 aromatic carbocycles. The first-order chi connectivity index (χ1) is 18.2. The summed E-state index contributed by atoms with van der Waals surface area (Å²) in [6.45, 7) is 0.519. The standard InChI is InChI=1S/C26H23BClF2N5O2S/c27-20-15-32-35-25(12-23(34-26(20)35)19-3-1-2-4-21(19)28)31-13-16-5-7-17(8-6-16)14-33-38(36,37)24-11-18(29)9-10-22(24)30/h1,3,5,7,9-12,15,31,33H,2,4,6,8,13-14H2. The number of fused-ring (bicyclic) bond motifs is 1. The minimum atomic E-state index is -4.19. The molecular formula is C26H23BClF2N5O2S. The molecule has 2 aliphatic carbocycles. The minimum Gasteiger partial charge on any atom is -0.366 e. The van der Waals surface area contributed by atoms with Gasteiger partial charge in [-0.1, -0.05) is 47.1 Å². The Hall–Kier alpha value is -3.28. The Morgan fingerprint density at radius 2 is 1.84 bits per heavy atom. The number of halogens is 3. The number of hydrogen-bond acceptors (Lipinski definition) is 5. The van der Waals surface area contributed by atoms with E-state index in [9.17, 15) is 17.2 Å². The lowest BCUT2D eigenvalue weighted by Gasteiger charge is -2.18. The van der Waals surface area contributed by atoms with E-state index in [0.717, 1.165) is 46.7 Å². The van der Waals surface area contributed by atoms with Gasteiger partial charge in [-0.2, -0.15) is 9.61 Å². The number of allylic oxidation sites excluding steroid dienone is 6. The molecule has 0 fully saturated rings. The lowest BCUT2D eigenvalue weighted by atomic mass is 9.98. The maximum absolute atomic E-state index is 13.9. The summed E-state index contributed by atoms with van der Waals surface area (Å²) in [5.74, 6) is -1.12. The summed E-state index contributed by atoms with van der Waals surface area (Å²) in [7, 11) is 1.90. The molecule has 2 aliphatic rings. The molecular weight excluding hydrogens is 531 g/mol. The van der Waals surface area contributed by atoms with Crippen LogP contribution in [0.3, 0.4) is 0 Å². The van der Waals surface area contributed by atoms with Crippen LogP contribution in [0, 0.1) is 11.6 Å². The molecule has 0 saturated carbocycles. The average Bonchev–Trinajstić information content (AvgIpc) is 3.29. The number of nitrogens with one attached hydrogen (secondary N) is 2. The largest absolute Gasteiger partial charge is 0.366 e. The molecule has 0 amide bonds. The van der Waals surface area contributed by atoms with Crippen LogP contribution in [0.25, 0.3) is 11.2 Å². The highest BCUT2D eigenvalue weighted by molar-refractivity contribution is 7.89. The van der Waals surface area contributed by atoms with E-state index in [4.69, 9.17) is 19.4 Å². The Morgan fingerprint density at radius 1 is 1.08 bits per heavy atom. The molecule has 3 aromatic rings. The van der Waals surface area contributed by atoms with E-state index >= 15 is 0 Å². The number of anilines is 1. The van der Waals surface area contributed by atoms with Gasteiger partial charge in [-0.3, -0.25) is 0 Å². The summed E-state index contributed by atoms with van der Waals surface area (Å²) in [5.41, 5.74) is 4.46. The van der Waals surface area contributed by atoms with Gasteiger partial charge in [-0.15, -0.1) is 0 Å². The highest BCUT2D eigenvalue weighted by atomic mass is 35.5. The summed E-state index contributed by atoms with van der Waals surface area (Å²) in [6.07, 6.45) is 12.3. The second kappa shape index (κ2) is 10.8. The third-order valence-corrected chi connectivity index (χ3v) is 8.18. The fourth-order valence-electron chi connectivity index (χ4n) is 4.28. The third kappa shape index (κ3) is 5.60. The van der Waals surface area contributed by atoms with Crippen LogP contribution in [0.15, 0.2) is 75.8 Å². The normalized spacial score (nSPS) is 16.1. The van der Waals surface area contributed by atoms with E-state index in [-0.39, 0.29) is 6.54 Å². The SMILES string of the molecule is [B]c1cnn2c(NCC3=CC=C(CNS(=O)(=O)c4cc(F)ccc4F)CC3)cc(C3=C(Cl)CCC=C3)nc12. The predicted octanol–water partition coefficient (Wildman–Crippen LogP) is 4.14. The maximum atomic E-state index is 13.9. The second-order valence-corrected chi connectivity index (χ2v) is 11.2.